The lowest BCUT2D eigenvalue weighted by molar-refractivity contribution is 0.252. The Labute approximate surface area is 146 Å². The molecule has 5 heteroatoms. The summed E-state index contributed by atoms with van der Waals surface area (Å²) in [7, 11) is 0. The van der Waals surface area contributed by atoms with E-state index >= 15 is 0 Å². The van der Waals surface area contributed by atoms with Crippen molar-refractivity contribution < 1.29 is 4.79 Å². The van der Waals surface area contributed by atoms with Crippen LogP contribution in [0.5, 0.6) is 0 Å². The van der Waals surface area contributed by atoms with E-state index in [9.17, 15) is 4.79 Å². The van der Waals surface area contributed by atoms with Crippen LogP contribution in [-0.4, -0.2) is 12.6 Å². The highest BCUT2D eigenvalue weighted by Crippen LogP contribution is 2.19. The zero-order valence-corrected chi connectivity index (χ0v) is 15.1. The Hall–Kier alpha value is -1.91. The van der Waals surface area contributed by atoms with Crippen LogP contribution < -0.4 is 22.1 Å². The van der Waals surface area contributed by atoms with Crippen LogP contribution in [0.4, 0.5) is 21.9 Å². The van der Waals surface area contributed by atoms with Crippen molar-refractivity contribution in [1.29, 1.82) is 0 Å². The van der Waals surface area contributed by atoms with Gasteiger partial charge in [0.1, 0.15) is 0 Å². The van der Waals surface area contributed by atoms with Crippen molar-refractivity contribution in [2.75, 3.05) is 23.3 Å². The molecule has 0 atom stereocenters. The minimum absolute atomic E-state index is 0.199. The fourth-order valence-corrected chi connectivity index (χ4v) is 2.64. The maximum Gasteiger partial charge on any atom is 0.319 e. The van der Waals surface area contributed by atoms with Gasteiger partial charge in [-0.1, -0.05) is 64.7 Å². The number of carbonyl (C=O) groups is 1. The quantitative estimate of drug-likeness (QED) is 0.324. The highest BCUT2D eigenvalue weighted by molar-refractivity contribution is 5.90. The van der Waals surface area contributed by atoms with Crippen molar-refractivity contribution >= 4 is 23.1 Å². The number of unbranched alkanes of at least 4 members (excludes halogenated alkanes) is 9. The molecule has 0 heterocycles. The largest absolute Gasteiger partial charge is 0.397 e. The van der Waals surface area contributed by atoms with Gasteiger partial charge in [-0.25, -0.2) is 4.79 Å². The Balaban J connectivity index is 1.97. The van der Waals surface area contributed by atoms with Crippen molar-refractivity contribution in [1.82, 2.24) is 5.32 Å². The number of carbonyl (C=O) groups excluding carboxylic acids is 1. The zero-order valence-electron chi connectivity index (χ0n) is 15.1. The van der Waals surface area contributed by atoms with E-state index in [0.717, 1.165) is 6.42 Å². The normalized spacial score (nSPS) is 10.5. The van der Waals surface area contributed by atoms with E-state index < -0.39 is 0 Å². The number of nitrogen functional groups attached to an aromatic ring is 2. The first-order chi connectivity index (χ1) is 11.6. The predicted molar refractivity (Wildman–Crippen MR) is 104 cm³/mol. The van der Waals surface area contributed by atoms with Crippen LogP contribution in [0.2, 0.25) is 0 Å². The van der Waals surface area contributed by atoms with E-state index in [-0.39, 0.29) is 6.03 Å². The van der Waals surface area contributed by atoms with Gasteiger partial charge in [0, 0.05) is 12.2 Å². The maximum absolute atomic E-state index is 11.8. The Kier molecular flexibility index (Phi) is 10.5. The first kappa shape index (κ1) is 20.1. The minimum atomic E-state index is -0.199. The molecule has 136 valence electrons. The molecule has 0 fully saturated rings. The smallest absolute Gasteiger partial charge is 0.319 e. The molecule has 0 aliphatic heterocycles. The van der Waals surface area contributed by atoms with Crippen molar-refractivity contribution in [3.05, 3.63) is 18.2 Å². The lowest BCUT2D eigenvalue weighted by atomic mass is 10.1. The van der Waals surface area contributed by atoms with E-state index in [2.05, 4.69) is 17.6 Å². The second kappa shape index (κ2) is 12.5. The van der Waals surface area contributed by atoms with Gasteiger partial charge >= 0.3 is 6.03 Å². The van der Waals surface area contributed by atoms with Crippen molar-refractivity contribution in [3.8, 4) is 0 Å². The Morgan fingerprint density at radius 3 is 2.04 bits per heavy atom. The summed E-state index contributed by atoms with van der Waals surface area (Å²) in [6.07, 6.45) is 12.9. The third kappa shape index (κ3) is 9.28. The van der Waals surface area contributed by atoms with Gasteiger partial charge in [-0.15, -0.1) is 0 Å². The van der Waals surface area contributed by atoms with E-state index in [0.29, 0.717) is 23.6 Å². The van der Waals surface area contributed by atoms with Crippen LogP contribution in [0.15, 0.2) is 18.2 Å². The molecule has 2 amide bonds. The summed E-state index contributed by atoms with van der Waals surface area (Å²) in [6.45, 7) is 2.95. The molecule has 1 aromatic rings. The summed E-state index contributed by atoms with van der Waals surface area (Å²) in [5, 5.41) is 5.63. The molecule has 0 spiro atoms. The third-order valence-electron chi connectivity index (χ3n) is 4.16. The lowest BCUT2D eigenvalue weighted by Crippen LogP contribution is -2.29. The van der Waals surface area contributed by atoms with E-state index in [1.807, 2.05) is 0 Å². The molecule has 0 bridgehead atoms. The number of hydrogen-bond donors (Lipinski definition) is 4. The highest BCUT2D eigenvalue weighted by Gasteiger charge is 2.02. The molecule has 0 radical (unpaired) electrons. The van der Waals surface area contributed by atoms with Gasteiger partial charge in [0.25, 0.3) is 0 Å². The van der Waals surface area contributed by atoms with Gasteiger partial charge in [-0.2, -0.15) is 0 Å². The Morgan fingerprint density at radius 2 is 1.46 bits per heavy atom. The molecular weight excluding hydrogens is 300 g/mol. The molecule has 0 saturated heterocycles. The molecule has 0 aliphatic carbocycles. The summed E-state index contributed by atoms with van der Waals surface area (Å²) < 4.78 is 0. The zero-order chi connectivity index (χ0) is 17.6. The predicted octanol–water partition coefficient (Wildman–Crippen LogP) is 4.89. The summed E-state index contributed by atoms with van der Waals surface area (Å²) in [5.74, 6) is 0. The lowest BCUT2D eigenvalue weighted by Gasteiger charge is -2.09. The van der Waals surface area contributed by atoms with Gasteiger partial charge in [0.15, 0.2) is 0 Å². The number of amides is 2. The molecule has 0 aromatic heterocycles. The molecule has 0 saturated carbocycles. The van der Waals surface area contributed by atoms with E-state index in [1.54, 1.807) is 18.2 Å². The van der Waals surface area contributed by atoms with Crippen LogP contribution in [0.1, 0.15) is 71.1 Å². The van der Waals surface area contributed by atoms with Gasteiger partial charge in [-0.05, 0) is 24.6 Å². The van der Waals surface area contributed by atoms with Crippen LogP contribution in [-0.2, 0) is 0 Å². The maximum atomic E-state index is 11.8. The van der Waals surface area contributed by atoms with Gasteiger partial charge in [0.2, 0.25) is 0 Å². The Bertz CT molecular complexity index is 476. The molecule has 0 unspecified atom stereocenters. The average Bonchev–Trinajstić information content (AvgIpc) is 2.56. The SMILES string of the molecule is CCCCCCCCCCCCNC(=O)Nc1ccc(N)c(N)c1. The minimum Gasteiger partial charge on any atom is -0.397 e. The number of rotatable bonds is 12. The standard InChI is InChI=1S/C19H34N4O/c1-2-3-4-5-6-7-8-9-10-11-14-22-19(24)23-16-12-13-17(20)18(21)15-16/h12-13,15H,2-11,14,20-21H2,1H3,(H2,22,23,24). The van der Waals surface area contributed by atoms with Crippen LogP contribution in [0, 0.1) is 0 Å². The molecule has 6 N–H and O–H groups in total. The molecule has 1 rings (SSSR count). The van der Waals surface area contributed by atoms with Crippen molar-refractivity contribution in [2.45, 2.75) is 71.1 Å². The number of hydrogen-bond acceptors (Lipinski definition) is 3. The number of benzene rings is 1. The van der Waals surface area contributed by atoms with Crippen molar-refractivity contribution in [2.24, 2.45) is 0 Å². The summed E-state index contributed by atoms with van der Waals surface area (Å²) >= 11 is 0. The van der Waals surface area contributed by atoms with Crippen LogP contribution in [0.3, 0.4) is 0 Å². The molecule has 24 heavy (non-hydrogen) atoms. The third-order valence-corrected chi connectivity index (χ3v) is 4.16. The molecular formula is C19H34N4O. The number of anilines is 3. The summed E-state index contributed by atoms with van der Waals surface area (Å²) in [4.78, 5) is 11.8. The first-order valence-corrected chi connectivity index (χ1v) is 9.33. The van der Waals surface area contributed by atoms with Gasteiger partial charge < -0.3 is 22.1 Å². The Morgan fingerprint density at radius 1 is 0.875 bits per heavy atom. The fourth-order valence-electron chi connectivity index (χ4n) is 2.64. The van der Waals surface area contributed by atoms with E-state index in [4.69, 9.17) is 11.5 Å². The molecule has 1 aromatic carbocycles. The molecule has 0 aliphatic rings. The second-order valence-corrected chi connectivity index (χ2v) is 6.41. The first-order valence-electron chi connectivity index (χ1n) is 9.33. The average molecular weight is 335 g/mol. The van der Waals surface area contributed by atoms with Gasteiger partial charge in [0.05, 0.1) is 11.4 Å². The number of nitrogens with one attached hydrogen (secondary N) is 2. The van der Waals surface area contributed by atoms with Crippen molar-refractivity contribution in [3.63, 3.8) is 0 Å². The summed E-state index contributed by atoms with van der Waals surface area (Å²) in [5.41, 5.74) is 13.0. The highest BCUT2D eigenvalue weighted by atomic mass is 16.2. The topological polar surface area (TPSA) is 93.2 Å². The second-order valence-electron chi connectivity index (χ2n) is 6.41. The number of urea groups is 1. The van der Waals surface area contributed by atoms with Crippen LogP contribution >= 0.6 is 0 Å². The van der Waals surface area contributed by atoms with Crippen LogP contribution in [0.25, 0.3) is 0 Å². The van der Waals surface area contributed by atoms with E-state index in [1.165, 1.54) is 57.8 Å². The summed E-state index contributed by atoms with van der Waals surface area (Å²) in [6, 6.07) is 4.89. The number of nitrogens with two attached hydrogens (primary N) is 2. The van der Waals surface area contributed by atoms with Gasteiger partial charge in [-0.3, -0.25) is 0 Å². The fraction of sp³-hybridized carbons (Fsp3) is 0.632. The monoisotopic (exact) mass is 334 g/mol. The molecule has 5 nitrogen and oxygen atoms in total.